The number of benzene rings is 2. The average molecular weight is 285 g/mol. The van der Waals surface area contributed by atoms with E-state index in [0.29, 0.717) is 11.6 Å². The van der Waals surface area contributed by atoms with Crippen LogP contribution in [0.25, 0.3) is 0 Å². The summed E-state index contributed by atoms with van der Waals surface area (Å²) in [5.74, 6) is 0.744. The number of anilines is 1. The molecule has 3 rings (SSSR count). The molecule has 2 aromatic carbocycles. The van der Waals surface area contributed by atoms with Gasteiger partial charge in [0.2, 0.25) is 0 Å². The number of fused-ring (bicyclic) bond motifs is 1. The van der Waals surface area contributed by atoms with E-state index in [-0.39, 0.29) is 5.82 Å². The second-order valence-corrected chi connectivity index (χ2v) is 5.68. The van der Waals surface area contributed by atoms with Gasteiger partial charge in [0.15, 0.2) is 0 Å². The van der Waals surface area contributed by atoms with Gasteiger partial charge in [-0.25, -0.2) is 4.39 Å². The first-order chi connectivity index (χ1) is 10.2. The fourth-order valence-corrected chi connectivity index (χ4v) is 2.90. The summed E-state index contributed by atoms with van der Waals surface area (Å²) in [5.41, 5.74) is 4.25. The van der Waals surface area contributed by atoms with E-state index < -0.39 is 0 Å². The maximum absolute atomic E-state index is 13.6. The van der Waals surface area contributed by atoms with E-state index in [1.807, 2.05) is 18.2 Å². The van der Waals surface area contributed by atoms with E-state index in [1.165, 1.54) is 11.1 Å². The summed E-state index contributed by atoms with van der Waals surface area (Å²) in [4.78, 5) is 0. The molecule has 1 unspecified atom stereocenters. The van der Waals surface area contributed by atoms with Crippen molar-refractivity contribution in [1.29, 1.82) is 0 Å². The first-order valence-corrected chi connectivity index (χ1v) is 7.34. The van der Waals surface area contributed by atoms with Gasteiger partial charge in [0, 0.05) is 11.7 Å². The van der Waals surface area contributed by atoms with Crippen LogP contribution in [0.4, 0.5) is 10.1 Å². The Labute approximate surface area is 125 Å². The van der Waals surface area contributed by atoms with E-state index in [9.17, 15) is 4.39 Å². The summed E-state index contributed by atoms with van der Waals surface area (Å²) in [7, 11) is 1.69. The van der Waals surface area contributed by atoms with Crippen molar-refractivity contribution in [2.75, 3.05) is 12.4 Å². The summed E-state index contributed by atoms with van der Waals surface area (Å²) >= 11 is 0. The lowest BCUT2D eigenvalue weighted by molar-refractivity contribution is 0.413. The van der Waals surface area contributed by atoms with E-state index in [2.05, 4.69) is 17.4 Å². The largest absolute Gasteiger partial charge is 0.497 e. The Bertz CT molecular complexity index is 654. The molecule has 1 aliphatic rings. The van der Waals surface area contributed by atoms with Gasteiger partial charge in [-0.3, -0.25) is 0 Å². The van der Waals surface area contributed by atoms with Crippen molar-refractivity contribution in [3.8, 4) is 5.75 Å². The maximum atomic E-state index is 13.6. The third-order valence-electron chi connectivity index (χ3n) is 4.18. The molecular formula is C18H20FNO. The molecule has 0 heterocycles. The zero-order chi connectivity index (χ0) is 14.8. The molecule has 2 nitrogen and oxygen atoms in total. The molecule has 0 aliphatic heterocycles. The smallest absolute Gasteiger partial charge is 0.128 e. The van der Waals surface area contributed by atoms with E-state index in [0.717, 1.165) is 30.7 Å². The van der Waals surface area contributed by atoms with Crippen LogP contribution in [-0.4, -0.2) is 13.2 Å². The molecule has 1 N–H and O–H groups in total. The molecule has 3 heteroatoms. The van der Waals surface area contributed by atoms with Crippen molar-refractivity contribution in [3.63, 3.8) is 0 Å². The average Bonchev–Trinajstić information content (AvgIpc) is 2.50. The summed E-state index contributed by atoms with van der Waals surface area (Å²) in [6.07, 6.45) is 3.06. The van der Waals surface area contributed by atoms with Crippen LogP contribution in [0.2, 0.25) is 0 Å². The molecule has 0 amide bonds. The van der Waals surface area contributed by atoms with Gasteiger partial charge in [0.25, 0.3) is 0 Å². The zero-order valence-corrected chi connectivity index (χ0v) is 12.4. The number of aryl methyl sites for hydroxylation is 2. The number of halogens is 1. The number of methoxy groups -OCH3 is 1. The van der Waals surface area contributed by atoms with Crippen molar-refractivity contribution in [1.82, 2.24) is 0 Å². The predicted molar refractivity (Wildman–Crippen MR) is 83.6 cm³/mol. The molecule has 0 fully saturated rings. The summed E-state index contributed by atoms with van der Waals surface area (Å²) in [5, 5.41) is 3.45. The first-order valence-electron chi connectivity index (χ1n) is 7.34. The van der Waals surface area contributed by atoms with E-state index in [4.69, 9.17) is 4.74 Å². The molecule has 2 aromatic rings. The van der Waals surface area contributed by atoms with Crippen LogP contribution in [0, 0.1) is 12.7 Å². The van der Waals surface area contributed by atoms with Gasteiger partial charge in [-0.1, -0.05) is 12.1 Å². The number of rotatable bonds is 3. The minimum atomic E-state index is -0.155. The second-order valence-electron chi connectivity index (χ2n) is 5.68. The summed E-state index contributed by atoms with van der Waals surface area (Å²) < 4.78 is 18.9. The van der Waals surface area contributed by atoms with E-state index >= 15 is 0 Å². The highest BCUT2D eigenvalue weighted by molar-refractivity contribution is 5.47. The molecule has 1 atom stereocenters. The SMILES string of the molecule is COc1ccc2c(c1)CC(Nc1ccc(C)c(F)c1)CC2. The van der Waals surface area contributed by atoms with Gasteiger partial charge in [-0.2, -0.15) is 0 Å². The Morgan fingerprint density at radius 2 is 2.00 bits per heavy atom. The minimum absolute atomic E-state index is 0.155. The second kappa shape index (κ2) is 5.76. The van der Waals surface area contributed by atoms with Gasteiger partial charge in [-0.15, -0.1) is 0 Å². The molecule has 0 saturated carbocycles. The molecule has 1 aliphatic carbocycles. The monoisotopic (exact) mass is 285 g/mol. The van der Waals surface area contributed by atoms with Gasteiger partial charge in [-0.05, 0) is 67.1 Å². The Morgan fingerprint density at radius 3 is 2.76 bits per heavy atom. The van der Waals surface area contributed by atoms with Gasteiger partial charge in [0.05, 0.1) is 7.11 Å². The van der Waals surface area contributed by atoms with Crippen molar-refractivity contribution >= 4 is 5.69 Å². The predicted octanol–water partition coefficient (Wildman–Crippen LogP) is 4.11. The quantitative estimate of drug-likeness (QED) is 0.916. The molecule has 0 spiro atoms. The van der Waals surface area contributed by atoms with Crippen molar-refractivity contribution in [2.24, 2.45) is 0 Å². The topological polar surface area (TPSA) is 21.3 Å². The Kier molecular flexibility index (Phi) is 3.82. The highest BCUT2D eigenvalue weighted by Gasteiger charge is 2.19. The fourth-order valence-electron chi connectivity index (χ4n) is 2.90. The number of nitrogens with one attached hydrogen (secondary N) is 1. The normalized spacial score (nSPS) is 17.2. The van der Waals surface area contributed by atoms with Crippen LogP contribution in [-0.2, 0) is 12.8 Å². The molecule has 110 valence electrons. The molecule has 0 radical (unpaired) electrons. The Morgan fingerprint density at radius 1 is 1.14 bits per heavy atom. The van der Waals surface area contributed by atoms with Crippen LogP contribution in [0.3, 0.4) is 0 Å². The third-order valence-corrected chi connectivity index (χ3v) is 4.18. The lowest BCUT2D eigenvalue weighted by Gasteiger charge is -2.27. The third kappa shape index (κ3) is 3.02. The standard InChI is InChI=1S/C18H20FNO/c1-12-3-6-16(11-18(12)19)20-15-7-4-13-5-8-17(21-2)10-14(13)9-15/h3,5-6,8,10-11,15,20H,4,7,9H2,1-2H3. The van der Waals surface area contributed by atoms with Crippen molar-refractivity contribution in [3.05, 3.63) is 58.9 Å². The van der Waals surface area contributed by atoms with Crippen molar-refractivity contribution in [2.45, 2.75) is 32.2 Å². The van der Waals surface area contributed by atoms with Crippen LogP contribution in [0.5, 0.6) is 5.75 Å². The summed E-state index contributed by atoms with van der Waals surface area (Å²) in [6.45, 7) is 1.78. The Hall–Kier alpha value is -2.03. The number of ether oxygens (including phenoxy) is 1. The summed E-state index contributed by atoms with van der Waals surface area (Å²) in [6, 6.07) is 12.0. The molecule has 0 saturated heterocycles. The van der Waals surface area contributed by atoms with Gasteiger partial charge in [0.1, 0.15) is 11.6 Å². The highest BCUT2D eigenvalue weighted by atomic mass is 19.1. The van der Waals surface area contributed by atoms with E-state index in [1.54, 1.807) is 20.1 Å². The van der Waals surface area contributed by atoms with Crippen LogP contribution >= 0.6 is 0 Å². The molecular weight excluding hydrogens is 265 g/mol. The first kappa shape index (κ1) is 13.9. The Balaban J connectivity index is 1.74. The van der Waals surface area contributed by atoms with Gasteiger partial charge < -0.3 is 10.1 Å². The lowest BCUT2D eigenvalue weighted by atomic mass is 9.88. The lowest BCUT2D eigenvalue weighted by Crippen LogP contribution is -2.27. The van der Waals surface area contributed by atoms with Crippen molar-refractivity contribution < 1.29 is 9.13 Å². The number of hydrogen-bond donors (Lipinski definition) is 1. The molecule has 0 bridgehead atoms. The zero-order valence-electron chi connectivity index (χ0n) is 12.4. The van der Waals surface area contributed by atoms with Crippen LogP contribution in [0.1, 0.15) is 23.1 Å². The number of hydrogen-bond acceptors (Lipinski definition) is 2. The van der Waals surface area contributed by atoms with Crippen LogP contribution in [0.15, 0.2) is 36.4 Å². The van der Waals surface area contributed by atoms with Gasteiger partial charge >= 0.3 is 0 Å². The van der Waals surface area contributed by atoms with Crippen LogP contribution < -0.4 is 10.1 Å². The highest BCUT2D eigenvalue weighted by Crippen LogP contribution is 2.27. The molecule has 0 aromatic heterocycles. The molecule has 21 heavy (non-hydrogen) atoms. The maximum Gasteiger partial charge on any atom is 0.128 e. The minimum Gasteiger partial charge on any atom is -0.497 e. The fraction of sp³-hybridized carbons (Fsp3) is 0.333.